The molecule has 0 amide bonds. The largest absolute Gasteiger partial charge is 0.478 e. The fourth-order valence-corrected chi connectivity index (χ4v) is 8.15. The van der Waals surface area contributed by atoms with Crippen LogP contribution in [0, 0.1) is 5.82 Å². The summed E-state index contributed by atoms with van der Waals surface area (Å²) in [6.45, 7) is 1.61. The summed E-state index contributed by atoms with van der Waals surface area (Å²) in [7, 11) is 0. The second-order valence-corrected chi connectivity index (χ2v) is 15.2. The molecule has 8 aromatic rings. The highest BCUT2D eigenvalue weighted by molar-refractivity contribution is 5.95. The maximum atomic E-state index is 13.6. The van der Waals surface area contributed by atoms with Gasteiger partial charge in [0.15, 0.2) is 11.6 Å². The van der Waals surface area contributed by atoms with Crippen molar-refractivity contribution in [3.63, 3.8) is 0 Å². The first kappa shape index (κ1) is 39.0. The summed E-state index contributed by atoms with van der Waals surface area (Å²) in [6.07, 6.45) is 6.27. The summed E-state index contributed by atoms with van der Waals surface area (Å²) in [5.41, 5.74) is 10.7. The third-order valence-electron chi connectivity index (χ3n) is 11.2. The number of carbonyl (C=O) groups is 2. The molecular formula is C50H41FN6O4. The predicted molar refractivity (Wildman–Crippen MR) is 237 cm³/mol. The summed E-state index contributed by atoms with van der Waals surface area (Å²) in [5, 5.41) is 18.8. The molecule has 0 atom stereocenters. The van der Waals surface area contributed by atoms with Gasteiger partial charge in [-0.3, -0.25) is 0 Å². The van der Waals surface area contributed by atoms with E-state index in [0.717, 1.165) is 85.6 Å². The van der Waals surface area contributed by atoms with Crippen LogP contribution in [0.1, 0.15) is 57.5 Å². The van der Waals surface area contributed by atoms with Gasteiger partial charge in [-0.1, -0.05) is 66.7 Å². The van der Waals surface area contributed by atoms with E-state index in [1.165, 1.54) is 29.3 Å². The molecule has 10 rings (SSSR count). The van der Waals surface area contributed by atoms with Gasteiger partial charge in [0.2, 0.25) is 0 Å². The fourth-order valence-electron chi connectivity index (χ4n) is 8.15. The van der Waals surface area contributed by atoms with Gasteiger partial charge < -0.3 is 20.0 Å². The van der Waals surface area contributed by atoms with E-state index in [0.29, 0.717) is 33.6 Å². The van der Waals surface area contributed by atoms with Crippen molar-refractivity contribution in [3.8, 4) is 22.5 Å². The summed E-state index contributed by atoms with van der Waals surface area (Å²) in [4.78, 5) is 46.9. The Balaban J connectivity index is 0.000000156. The Bertz CT molecular complexity index is 2930. The Labute approximate surface area is 351 Å². The molecule has 2 N–H and O–H groups in total. The third-order valence-corrected chi connectivity index (χ3v) is 11.2. The zero-order chi connectivity index (χ0) is 41.9. The van der Waals surface area contributed by atoms with E-state index >= 15 is 0 Å². The van der Waals surface area contributed by atoms with Crippen LogP contribution in [0.5, 0.6) is 0 Å². The second-order valence-electron chi connectivity index (χ2n) is 15.2. The Morgan fingerprint density at radius 2 is 0.918 bits per heavy atom. The van der Waals surface area contributed by atoms with E-state index in [4.69, 9.17) is 19.9 Å². The molecule has 10 nitrogen and oxygen atoms in total. The van der Waals surface area contributed by atoms with Crippen molar-refractivity contribution in [2.45, 2.75) is 38.5 Å². The number of anilines is 4. The van der Waals surface area contributed by atoms with E-state index in [9.17, 15) is 24.2 Å². The molecular weight excluding hydrogens is 768 g/mol. The summed E-state index contributed by atoms with van der Waals surface area (Å²) in [5.74, 6) is -0.868. The van der Waals surface area contributed by atoms with Crippen LogP contribution >= 0.6 is 0 Å². The number of nitrogens with zero attached hydrogens (tertiary/aromatic N) is 6. The Morgan fingerprint density at radius 3 is 1.39 bits per heavy atom. The number of aromatic nitrogens is 4. The lowest BCUT2D eigenvalue weighted by molar-refractivity contribution is 0.0686. The Hall–Kier alpha value is -7.53. The molecule has 0 saturated heterocycles. The number of carboxylic acids is 2. The minimum absolute atomic E-state index is 0.165. The molecule has 0 radical (unpaired) electrons. The number of hydrogen-bond donors (Lipinski definition) is 2. The number of para-hydroxylation sites is 2. The molecule has 0 aliphatic carbocycles. The van der Waals surface area contributed by atoms with Gasteiger partial charge in [0.25, 0.3) is 0 Å². The summed E-state index contributed by atoms with van der Waals surface area (Å²) in [6, 6.07) is 42.6. The van der Waals surface area contributed by atoms with Crippen LogP contribution in [0.3, 0.4) is 0 Å². The van der Waals surface area contributed by atoms with Crippen molar-refractivity contribution in [1.82, 2.24) is 19.9 Å². The monoisotopic (exact) mass is 808 g/mol. The number of hydrogen-bond acceptors (Lipinski definition) is 8. The molecule has 0 fully saturated rings. The van der Waals surface area contributed by atoms with Gasteiger partial charge in [0, 0.05) is 35.6 Å². The van der Waals surface area contributed by atoms with Crippen LogP contribution in [0.15, 0.2) is 140 Å². The average Bonchev–Trinajstić information content (AvgIpc) is 3.65. The van der Waals surface area contributed by atoms with E-state index < -0.39 is 11.9 Å². The summed E-state index contributed by atoms with van der Waals surface area (Å²) < 4.78 is 13.6. The van der Waals surface area contributed by atoms with Crippen LogP contribution in [-0.4, -0.2) is 55.2 Å². The van der Waals surface area contributed by atoms with Crippen molar-refractivity contribution in [2.75, 3.05) is 22.9 Å². The van der Waals surface area contributed by atoms with Crippen LogP contribution < -0.4 is 9.80 Å². The van der Waals surface area contributed by atoms with Gasteiger partial charge in [-0.2, -0.15) is 0 Å². The highest BCUT2D eigenvalue weighted by Gasteiger charge is 2.25. The van der Waals surface area contributed by atoms with E-state index in [1.54, 1.807) is 42.5 Å². The van der Waals surface area contributed by atoms with Gasteiger partial charge in [-0.25, -0.2) is 33.9 Å². The predicted octanol–water partition coefficient (Wildman–Crippen LogP) is 11.1. The number of benzene rings is 6. The number of aryl methyl sites for hydroxylation is 2. The molecule has 4 heterocycles. The number of rotatable bonds is 6. The molecule has 6 aromatic carbocycles. The maximum Gasteiger partial charge on any atom is 0.335 e. The van der Waals surface area contributed by atoms with E-state index in [2.05, 4.69) is 46.2 Å². The van der Waals surface area contributed by atoms with Crippen LogP contribution in [0.4, 0.5) is 27.4 Å². The second kappa shape index (κ2) is 17.0. The Kier molecular flexibility index (Phi) is 10.8. The topological polar surface area (TPSA) is 133 Å². The number of carboxylic acid groups (broad SMARTS) is 2. The van der Waals surface area contributed by atoms with Gasteiger partial charge in [-0.15, -0.1) is 0 Å². The van der Waals surface area contributed by atoms with Crippen LogP contribution in [0.2, 0.25) is 0 Å². The summed E-state index contributed by atoms with van der Waals surface area (Å²) >= 11 is 0. The van der Waals surface area contributed by atoms with Crippen molar-refractivity contribution in [2.24, 2.45) is 0 Å². The van der Waals surface area contributed by atoms with Gasteiger partial charge in [-0.05, 0) is 122 Å². The van der Waals surface area contributed by atoms with E-state index in [-0.39, 0.29) is 16.9 Å². The van der Waals surface area contributed by atoms with Crippen LogP contribution in [0.25, 0.3) is 44.6 Å². The molecule has 302 valence electrons. The molecule has 2 aliphatic heterocycles. The SMILES string of the molecule is O=C(O)c1ccc2nc(-c3ccc(F)cc3)c(N3CCCCc4ccccc43)nc2c1.O=C(O)c1ccc2nc(-c3ccccc3)c(N3CCCCc4ccccc43)nc2c1. The third kappa shape index (κ3) is 8.10. The molecule has 0 bridgehead atoms. The zero-order valence-corrected chi connectivity index (χ0v) is 33.2. The fraction of sp³-hybridized carbons (Fsp3) is 0.160. The highest BCUT2D eigenvalue weighted by atomic mass is 19.1. The lowest BCUT2D eigenvalue weighted by atomic mass is 10.1. The molecule has 0 spiro atoms. The molecule has 2 aliphatic rings. The van der Waals surface area contributed by atoms with Gasteiger partial charge in [0.05, 0.1) is 33.2 Å². The van der Waals surface area contributed by atoms with Crippen molar-refractivity contribution in [1.29, 1.82) is 0 Å². The standard InChI is InChI=1S/C25H20FN3O2.C25H21N3O2/c26-19-11-8-17(9-12-19)23-24(28-21-15-18(25(30)31)10-13-20(21)27-23)29-14-4-3-6-16-5-1-2-7-22(16)29;29-25(30)19-13-14-20-21(16-19)27-24(23(26-20)18-10-2-1-3-11-18)28-15-7-6-9-17-8-4-5-12-22(17)28/h1-2,5,7-13,15H,3-4,6,14H2,(H,30,31);1-5,8,10-14,16H,6-7,9,15H2,(H,29,30). The molecule has 0 unspecified atom stereocenters. The first-order chi connectivity index (χ1) is 29.8. The normalized spacial score (nSPS) is 13.7. The lowest BCUT2D eigenvalue weighted by Gasteiger charge is -2.26. The highest BCUT2D eigenvalue weighted by Crippen LogP contribution is 2.39. The minimum atomic E-state index is -1.01. The van der Waals surface area contributed by atoms with Crippen molar-refractivity contribution < 1.29 is 24.2 Å². The zero-order valence-electron chi connectivity index (χ0n) is 33.2. The van der Waals surface area contributed by atoms with Gasteiger partial charge >= 0.3 is 11.9 Å². The quantitative estimate of drug-likeness (QED) is 0.167. The lowest BCUT2D eigenvalue weighted by Crippen LogP contribution is -2.20. The van der Waals surface area contributed by atoms with Crippen molar-refractivity contribution >= 4 is 57.0 Å². The molecule has 2 aromatic heterocycles. The number of fused-ring (bicyclic) bond motifs is 4. The van der Waals surface area contributed by atoms with Gasteiger partial charge in [0.1, 0.15) is 17.2 Å². The first-order valence-corrected chi connectivity index (χ1v) is 20.4. The molecule has 61 heavy (non-hydrogen) atoms. The first-order valence-electron chi connectivity index (χ1n) is 20.4. The molecule has 11 heteroatoms. The molecule has 0 saturated carbocycles. The van der Waals surface area contributed by atoms with Crippen LogP contribution in [-0.2, 0) is 12.8 Å². The minimum Gasteiger partial charge on any atom is -0.478 e. The smallest absolute Gasteiger partial charge is 0.335 e. The average molecular weight is 809 g/mol. The maximum absolute atomic E-state index is 13.6. The number of aromatic carboxylic acids is 2. The number of halogens is 1. The van der Waals surface area contributed by atoms with Crippen molar-refractivity contribution in [3.05, 3.63) is 168 Å². The Morgan fingerprint density at radius 1 is 0.475 bits per heavy atom. The van der Waals surface area contributed by atoms with E-state index in [1.807, 2.05) is 42.5 Å².